The molecule has 1 fully saturated rings. The van der Waals surface area contributed by atoms with Crippen LogP contribution in [-0.2, 0) is 6.61 Å². The number of thiazole rings is 1. The highest BCUT2D eigenvalue weighted by Gasteiger charge is 2.46. The number of benzene rings is 2. The summed E-state index contributed by atoms with van der Waals surface area (Å²) in [6.07, 6.45) is -0.553. The molecule has 2 aliphatic rings. The summed E-state index contributed by atoms with van der Waals surface area (Å²) in [6.45, 7) is 0.844. The number of anilines is 2. The van der Waals surface area contributed by atoms with Gasteiger partial charge in [-0.25, -0.2) is 31.3 Å². The molecule has 5 rings (SSSR count). The Morgan fingerprint density at radius 2 is 1.95 bits per heavy atom. The average molecular weight is 633 g/mol. The average Bonchev–Trinajstić information content (AvgIpc) is 3.30. The zero-order valence-corrected chi connectivity index (χ0v) is 24.2. The predicted octanol–water partition coefficient (Wildman–Crippen LogP) is 9.15. The van der Waals surface area contributed by atoms with Gasteiger partial charge in [0.2, 0.25) is 11.8 Å². The summed E-state index contributed by atoms with van der Waals surface area (Å²) in [6, 6.07) is 8.95. The summed E-state index contributed by atoms with van der Waals surface area (Å²) in [4.78, 5) is 18.6. The van der Waals surface area contributed by atoms with Crippen LogP contribution < -0.4 is 9.64 Å². The smallest absolute Gasteiger partial charge is 0.250 e. The van der Waals surface area contributed by atoms with Gasteiger partial charge >= 0.3 is 0 Å². The highest BCUT2D eigenvalue weighted by atomic mass is 32.2. The van der Waals surface area contributed by atoms with Gasteiger partial charge in [0.25, 0.3) is 0 Å². The highest BCUT2D eigenvalue weighted by Crippen LogP contribution is 2.53. The quantitative estimate of drug-likeness (QED) is 0.164. The van der Waals surface area contributed by atoms with Gasteiger partial charge in [-0.15, -0.1) is 23.1 Å². The molecule has 1 aliphatic carbocycles. The van der Waals surface area contributed by atoms with Crippen molar-refractivity contribution in [1.82, 2.24) is 4.98 Å². The number of carbonyl (C=O) groups excluding carboxylic acids is 1. The number of hydrogen-bond acceptors (Lipinski definition) is 7. The summed E-state index contributed by atoms with van der Waals surface area (Å²) in [5, 5.41) is -0.370. The maximum absolute atomic E-state index is 15.7. The van der Waals surface area contributed by atoms with E-state index in [-0.39, 0.29) is 43.4 Å². The predicted molar refractivity (Wildman–Crippen MR) is 150 cm³/mol. The number of rotatable bonds is 10. The third-order valence-corrected chi connectivity index (χ3v) is 10.2. The Morgan fingerprint density at radius 1 is 1.22 bits per heavy atom. The normalized spacial score (nSPS) is 20.7. The van der Waals surface area contributed by atoms with E-state index in [1.807, 2.05) is 0 Å². The number of carbonyl (C=O) groups is 1. The number of ether oxygens (including phenoxy) is 1. The first-order valence-electron chi connectivity index (χ1n) is 12.9. The van der Waals surface area contributed by atoms with Crippen LogP contribution >= 0.6 is 34.9 Å². The molecule has 41 heavy (non-hydrogen) atoms. The van der Waals surface area contributed by atoms with Crippen molar-refractivity contribution < 1.29 is 35.9 Å². The second-order valence-corrected chi connectivity index (χ2v) is 13.7. The molecule has 1 aromatic heterocycles. The highest BCUT2D eigenvalue weighted by molar-refractivity contribution is 8.00. The Hall–Kier alpha value is -2.38. The number of alkyl halides is 5. The van der Waals surface area contributed by atoms with Crippen LogP contribution in [0.3, 0.4) is 0 Å². The van der Waals surface area contributed by atoms with Crippen molar-refractivity contribution in [3.63, 3.8) is 0 Å². The SMILES string of the molecule is CC(F)(F)CCC1CN(c2ccc(F)cc2)c2cc(SC3CC(F)(F)C3)c(OCc3scnc3C=O)cc2SC1F. The summed E-state index contributed by atoms with van der Waals surface area (Å²) in [5.74, 6) is -6.62. The van der Waals surface area contributed by atoms with Crippen LogP contribution in [0.15, 0.2) is 51.7 Å². The Kier molecular flexibility index (Phi) is 8.87. The van der Waals surface area contributed by atoms with Gasteiger partial charge < -0.3 is 9.64 Å². The lowest BCUT2D eigenvalue weighted by atomic mass is 9.94. The van der Waals surface area contributed by atoms with Crippen molar-refractivity contribution in [2.45, 2.75) is 71.6 Å². The van der Waals surface area contributed by atoms with E-state index in [1.165, 1.54) is 52.9 Å². The minimum atomic E-state index is -2.96. The second kappa shape index (κ2) is 12.1. The maximum Gasteiger partial charge on any atom is 0.250 e. The second-order valence-electron chi connectivity index (χ2n) is 10.3. The molecule has 1 saturated carbocycles. The zero-order chi connectivity index (χ0) is 29.4. The molecule has 0 amide bonds. The molecule has 0 spiro atoms. The van der Waals surface area contributed by atoms with Crippen LogP contribution in [0, 0.1) is 11.7 Å². The van der Waals surface area contributed by atoms with Crippen LogP contribution in [0.25, 0.3) is 0 Å². The monoisotopic (exact) mass is 632 g/mol. The summed E-state index contributed by atoms with van der Waals surface area (Å²) in [5.41, 5.74) is 1.29. The standard InChI is InChI=1S/C28H26F6N2O2S3/c1-27(31,32)7-6-16-12-36(18-4-2-17(29)3-5-18)21-8-24(40-19-10-28(33,34)11-19)22(9-23(21)41-26(16)30)38-14-25-20(13-37)35-15-39-25/h2-5,8-9,13,15-16,19,26H,6-7,10-12,14H2,1H3. The van der Waals surface area contributed by atoms with E-state index in [0.717, 1.165) is 18.7 Å². The van der Waals surface area contributed by atoms with Crippen molar-refractivity contribution in [3.8, 4) is 5.75 Å². The van der Waals surface area contributed by atoms with Crippen LogP contribution in [-0.4, -0.2) is 40.4 Å². The molecule has 0 bridgehead atoms. The minimum Gasteiger partial charge on any atom is -0.487 e. The lowest BCUT2D eigenvalue weighted by molar-refractivity contribution is -0.0667. The van der Waals surface area contributed by atoms with Gasteiger partial charge in [-0.05, 0) is 49.7 Å². The number of halogens is 6. The van der Waals surface area contributed by atoms with Crippen LogP contribution in [0.4, 0.5) is 37.7 Å². The fourth-order valence-electron chi connectivity index (χ4n) is 4.70. The third kappa shape index (κ3) is 7.34. The molecule has 2 heterocycles. The Bertz CT molecular complexity index is 1370. The van der Waals surface area contributed by atoms with Gasteiger partial charge in [0, 0.05) is 47.6 Å². The fourth-order valence-corrected chi connectivity index (χ4v) is 7.89. The molecule has 0 saturated heterocycles. The van der Waals surface area contributed by atoms with Crippen LogP contribution in [0.1, 0.15) is 48.0 Å². The van der Waals surface area contributed by atoms with E-state index >= 15 is 4.39 Å². The summed E-state index contributed by atoms with van der Waals surface area (Å²) >= 11 is 3.34. The van der Waals surface area contributed by atoms with Gasteiger partial charge in [0.1, 0.15) is 23.9 Å². The lowest BCUT2D eigenvalue weighted by Crippen LogP contribution is -2.37. The molecule has 0 radical (unpaired) electrons. The molecule has 2 atom stereocenters. The number of aromatic nitrogens is 1. The topological polar surface area (TPSA) is 42.4 Å². The molecule has 0 N–H and O–H groups in total. The molecule has 4 nitrogen and oxygen atoms in total. The molecule has 1 aliphatic heterocycles. The lowest BCUT2D eigenvalue weighted by Gasteiger charge is -2.35. The number of aldehydes is 1. The summed E-state index contributed by atoms with van der Waals surface area (Å²) < 4.78 is 90.3. The van der Waals surface area contributed by atoms with E-state index in [0.29, 0.717) is 38.1 Å². The molecule has 13 heteroatoms. The van der Waals surface area contributed by atoms with Gasteiger partial charge in [-0.3, -0.25) is 4.79 Å². The molecule has 2 aromatic carbocycles. The van der Waals surface area contributed by atoms with E-state index in [4.69, 9.17) is 4.74 Å². The molecule has 3 aromatic rings. The largest absolute Gasteiger partial charge is 0.487 e. The van der Waals surface area contributed by atoms with Gasteiger partial charge in [-0.2, -0.15) is 0 Å². The Labute approximate surface area is 245 Å². The maximum atomic E-state index is 15.7. The van der Waals surface area contributed by atoms with Gasteiger partial charge in [0.15, 0.2) is 11.8 Å². The molecular formula is C28H26F6N2O2S3. The first kappa shape index (κ1) is 30.1. The summed E-state index contributed by atoms with van der Waals surface area (Å²) in [7, 11) is 0. The van der Waals surface area contributed by atoms with Crippen LogP contribution in [0.5, 0.6) is 5.75 Å². The molecular weight excluding hydrogens is 607 g/mol. The van der Waals surface area contributed by atoms with Gasteiger partial charge in [-0.1, -0.05) is 11.8 Å². The van der Waals surface area contributed by atoms with Crippen molar-refractivity contribution in [3.05, 3.63) is 58.3 Å². The van der Waals surface area contributed by atoms with Crippen molar-refractivity contribution in [2.75, 3.05) is 11.4 Å². The number of hydrogen-bond donors (Lipinski definition) is 0. The fraction of sp³-hybridized carbons (Fsp3) is 0.429. The van der Waals surface area contributed by atoms with E-state index in [9.17, 15) is 26.7 Å². The molecule has 2 unspecified atom stereocenters. The third-order valence-electron chi connectivity index (χ3n) is 6.92. The first-order valence-corrected chi connectivity index (χ1v) is 15.5. The van der Waals surface area contributed by atoms with Crippen molar-refractivity contribution in [2.24, 2.45) is 5.92 Å². The first-order chi connectivity index (χ1) is 19.4. The van der Waals surface area contributed by atoms with E-state index in [1.54, 1.807) is 17.0 Å². The van der Waals surface area contributed by atoms with E-state index in [2.05, 4.69) is 4.98 Å². The van der Waals surface area contributed by atoms with Crippen molar-refractivity contribution >= 4 is 52.5 Å². The zero-order valence-electron chi connectivity index (χ0n) is 21.8. The molecule has 220 valence electrons. The minimum absolute atomic E-state index is 0.00842. The Morgan fingerprint density at radius 3 is 2.61 bits per heavy atom. The van der Waals surface area contributed by atoms with E-state index < -0.39 is 35.5 Å². The van der Waals surface area contributed by atoms with Crippen molar-refractivity contribution in [1.29, 1.82) is 0 Å². The number of fused-ring (bicyclic) bond motifs is 1. The Balaban J connectivity index is 1.53. The number of nitrogens with zero attached hydrogens (tertiary/aromatic N) is 2. The van der Waals surface area contributed by atoms with Gasteiger partial charge in [0.05, 0.1) is 21.0 Å². The number of thioether (sulfide) groups is 2. The van der Waals surface area contributed by atoms with Crippen LogP contribution in [0.2, 0.25) is 0 Å².